The van der Waals surface area contributed by atoms with Gasteiger partial charge in [-0.15, -0.1) is 0 Å². The van der Waals surface area contributed by atoms with Crippen LogP contribution in [0, 0.1) is 11.6 Å². The zero-order chi connectivity index (χ0) is 12.8. The Bertz CT molecular complexity index is 349. The third kappa shape index (κ3) is 3.64. The van der Waals surface area contributed by atoms with E-state index in [0.29, 0.717) is 13.0 Å². The second-order valence-electron chi connectivity index (χ2n) is 3.90. The minimum absolute atomic E-state index is 0.0807. The van der Waals surface area contributed by atoms with Crippen molar-refractivity contribution in [3.8, 4) is 5.75 Å². The van der Waals surface area contributed by atoms with Crippen molar-refractivity contribution in [2.45, 2.75) is 25.3 Å². The van der Waals surface area contributed by atoms with Crippen molar-refractivity contribution in [1.82, 2.24) is 0 Å². The molecule has 0 saturated carbocycles. The lowest BCUT2D eigenvalue weighted by molar-refractivity contribution is 0.402. The fraction of sp³-hybridized carbons (Fsp3) is 0.500. The van der Waals surface area contributed by atoms with E-state index in [4.69, 9.17) is 16.2 Å². The zero-order valence-corrected chi connectivity index (χ0v) is 9.88. The van der Waals surface area contributed by atoms with Gasteiger partial charge in [0.2, 0.25) is 0 Å². The highest BCUT2D eigenvalue weighted by Crippen LogP contribution is 2.26. The van der Waals surface area contributed by atoms with Crippen LogP contribution in [0.1, 0.15) is 30.9 Å². The molecule has 0 aromatic heterocycles. The van der Waals surface area contributed by atoms with Gasteiger partial charge >= 0.3 is 0 Å². The lowest BCUT2D eigenvalue weighted by atomic mass is 10.0. The molecule has 5 heteroatoms. The van der Waals surface area contributed by atoms with Gasteiger partial charge in [0.15, 0.2) is 0 Å². The molecule has 96 valence electrons. The van der Waals surface area contributed by atoms with E-state index in [1.807, 2.05) is 0 Å². The maximum absolute atomic E-state index is 13.6. The number of hydrogen-bond acceptors (Lipinski definition) is 3. The maximum Gasteiger partial charge on any atom is 0.134 e. The summed E-state index contributed by atoms with van der Waals surface area (Å²) < 4.78 is 32.0. The summed E-state index contributed by atoms with van der Waals surface area (Å²) >= 11 is 0. The van der Waals surface area contributed by atoms with Crippen LogP contribution in [0.15, 0.2) is 12.1 Å². The minimum Gasteiger partial charge on any atom is -0.497 e. The average Bonchev–Trinajstić information content (AvgIpc) is 2.28. The van der Waals surface area contributed by atoms with Crippen molar-refractivity contribution in [2.24, 2.45) is 11.5 Å². The van der Waals surface area contributed by atoms with Gasteiger partial charge in [-0.05, 0) is 19.4 Å². The summed E-state index contributed by atoms with van der Waals surface area (Å²) in [7, 11) is 1.36. The molecule has 0 radical (unpaired) electrons. The Morgan fingerprint density at radius 2 is 1.82 bits per heavy atom. The van der Waals surface area contributed by atoms with E-state index in [-0.39, 0.29) is 11.3 Å². The molecule has 1 aromatic rings. The van der Waals surface area contributed by atoms with Gasteiger partial charge in [-0.1, -0.05) is 6.42 Å². The minimum atomic E-state index is -0.665. The van der Waals surface area contributed by atoms with Crippen molar-refractivity contribution < 1.29 is 13.5 Å². The Morgan fingerprint density at radius 3 is 2.29 bits per heavy atom. The highest BCUT2D eigenvalue weighted by Gasteiger charge is 2.17. The number of methoxy groups -OCH3 is 1. The van der Waals surface area contributed by atoms with E-state index in [2.05, 4.69) is 0 Å². The van der Waals surface area contributed by atoms with E-state index in [9.17, 15) is 8.78 Å². The zero-order valence-electron chi connectivity index (χ0n) is 9.88. The first kappa shape index (κ1) is 13.9. The summed E-state index contributed by atoms with van der Waals surface area (Å²) in [5.41, 5.74) is 11.0. The maximum atomic E-state index is 13.6. The topological polar surface area (TPSA) is 61.3 Å². The molecule has 0 amide bonds. The predicted molar refractivity (Wildman–Crippen MR) is 62.7 cm³/mol. The Hall–Kier alpha value is -1.20. The molecular formula is C12H18F2N2O. The molecule has 0 aliphatic rings. The van der Waals surface area contributed by atoms with Crippen molar-refractivity contribution >= 4 is 0 Å². The molecule has 3 nitrogen and oxygen atoms in total. The van der Waals surface area contributed by atoms with Crippen molar-refractivity contribution in [3.05, 3.63) is 29.3 Å². The summed E-state index contributed by atoms with van der Waals surface area (Å²) in [5, 5.41) is 0. The first-order chi connectivity index (χ1) is 8.10. The number of rotatable bonds is 6. The summed E-state index contributed by atoms with van der Waals surface area (Å²) in [6.45, 7) is 0.556. The van der Waals surface area contributed by atoms with E-state index in [1.165, 1.54) is 7.11 Å². The smallest absolute Gasteiger partial charge is 0.134 e. The Morgan fingerprint density at radius 1 is 1.24 bits per heavy atom. The van der Waals surface area contributed by atoms with Crippen LogP contribution in [0.3, 0.4) is 0 Å². The van der Waals surface area contributed by atoms with Crippen LogP contribution >= 0.6 is 0 Å². The van der Waals surface area contributed by atoms with Gasteiger partial charge in [0.25, 0.3) is 0 Å². The lowest BCUT2D eigenvalue weighted by Gasteiger charge is -2.14. The van der Waals surface area contributed by atoms with Crippen LogP contribution in [0.4, 0.5) is 8.78 Å². The molecule has 0 saturated heterocycles. The molecule has 17 heavy (non-hydrogen) atoms. The molecule has 0 fully saturated rings. The first-order valence-electron chi connectivity index (χ1n) is 5.58. The van der Waals surface area contributed by atoms with Crippen LogP contribution in [-0.2, 0) is 0 Å². The average molecular weight is 244 g/mol. The van der Waals surface area contributed by atoms with E-state index >= 15 is 0 Å². The fourth-order valence-corrected chi connectivity index (χ4v) is 1.69. The van der Waals surface area contributed by atoms with Crippen LogP contribution in [0.5, 0.6) is 5.75 Å². The molecule has 0 heterocycles. The van der Waals surface area contributed by atoms with Crippen molar-refractivity contribution in [2.75, 3.05) is 13.7 Å². The monoisotopic (exact) mass is 244 g/mol. The first-order valence-corrected chi connectivity index (χ1v) is 5.58. The lowest BCUT2D eigenvalue weighted by Crippen LogP contribution is -2.15. The highest BCUT2D eigenvalue weighted by molar-refractivity contribution is 5.32. The van der Waals surface area contributed by atoms with Crippen LogP contribution in [-0.4, -0.2) is 13.7 Å². The van der Waals surface area contributed by atoms with Crippen LogP contribution < -0.4 is 16.2 Å². The van der Waals surface area contributed by atoms with Gasteiger partial charge < -0.3 is 16.2 Å². The van der Waals surface area contributed by atoms with E-state index < -0.39 is 17.7 Å². The van der Waals surface area contributed by atoms with Crippen molar-refractivity contribution in [3.63, 3.8) is 0 Å². The number of ether oxygens (including phenoxy) is 1. The fourth-order valence-electron chi connectivity index (χ4n) is 1.69. The molecule has 0 aliphatic carbocycles. The quantitative estimate of drug-likeness (QED) is 0.753. The second-order valence-corrected chi connectivity index (χ2v) is 3.90. The van der Waals surface area contributed by atoms with E-state index in [1.54, 1.807) is 0 Å². The molecule has 0 unspecified atom stereocenters. The molecule has 0 aliphatic heterocycles. The molecule has 0 bridgehead atoms. The molecule has 1 atom stereocenters. The number of benzene rings is 1. The number of hydrogen-bond donors (Lipinski definition) is 2. The molecular weight excluding hydrogens is 226 g/mol. The third-order valence-corrected chi connectivity index (χ3v) is 2.63. The third-order valence-electron chi connectivity index (χ3n) is 2.63. The van der Waals surface area contributed by atoms with E-state index in [0.717, 1.165) is 25.0 Å². The summed E-state index contributed by atoms with van der Waals surface area (Å²) in [6, 6.07) is 1.63. The summed E-state index contributed by atoms with van der Waals surface area (Å²) in [5.74, 6) is -1.18. The molecule has 4 N–H and O–H groups in total. The van der Waals surface area contributed by atoms with Gasteiger partial charge in [0.1, 0.15) is 17.4 Å². The Kier molecular flexibility index (Phi) is 5.31. The Balaban J connectivity index is 2.82. The number of halogens is 2. The number of unbranched alkanes of at least 4 members (excludes halogenated alkanes) is 1. The highest BCUT2D eigenvalue weighted by atomic mass is 19.1. The molecule has 0 spiro atoms. The van der Waals surface area contributed by atoms with Crippen LogP contribution in [0.2, 0.25) is 0 Å². The second kappa shape index (κ2) is 6.51. The van der Waals surface area contributed by atoms with Crippen LogP contribution in [0.25, 0.3) is 0 Å². The number of nitrogens with two attached hydrogens (primary N) is 2. The summed E-state index contributed by atoms with van der Waals surface area (Å²) in [4.78, 5) is 0. The van der Waals surface area contributed by atoms with Gasteiger partial charge in [0, 0.05) is 23.7 Å². The standard InChI is InChI=1S/C12H18F2N2O/c1-17-8-6-9(13)12(10(14)7-8)11(16)4-2-3-5-15/h6-7,11H,2-5,15-16H2,1H3/t11-/m0/s1. The van der Waals surface area contributed by atoms with Gasteiger partial charge in [-0.25, -0.2) is 8.78 Å². The van der Waals surface area contributed by atoms with Gasteiger partial charge in [-0.3, -0.25) is 0 Å². The predicted octanol–water partition coefficient (Wildman–Crippen LogP) is 2.10. The normalized spacial score (nSPS) is 12.5. The Labute approximate surface area is 99.7 Å². The molecule has 1 aromatic carbocycles. The van der Waals surface area contributed by atoms with Crippen molar-refractivity contribution in [1.29, 1.82) is 0 Å². The largest absolute Gasteiger partial charge is 0.497 e. The van der Waals surface area contributed by atoms with Gasteiger partial charge in [-0.2, -0.15) is 0 Å². The SMILES string of the molecule is COc1cc(F)c([C@@H](N)CCCCN)c(F)c1. The van der Waals surface area contributed by atoms with Gasteiger partial charge in [0.05, 0.1) is 7.11 Å². The molecule has 1 rings (SSSR count). The summed E-state index contributed by atoms with van der Waals surface area (Å²) in [6.07, 6.45) is 2.06.